The number of sulfonamides is 1. The highest BCUT2D eigenvalue weighted by Gasteiger charge is 2.35. The maximum Gasteiger partial charge on any atom is 0.254 e. The number of methoxy groups -OCH3 is 1. The van der Waals surface area contributed by atoms with E-state index in [4.69, 9.17) is 4.74 Å². The number of carbonyl (C=O) groups excluding carboxylic acids is 1. The van der Waals surface area contributed by atoms with Gasteiger partial charge < -0.3 is 9.64 Å². The van der Waals surface area contributed by atoms with Gasteiger partial charge in [0, 0.05) is 31.2 Å². The minimum atomic E-state index is -3.74. The second kappa shape index (κ2) is 9.04. The van der Waals surface area contributed by atoms with Crippen molar-refractivity contribution in [1.82, 2.24) is 9.21 Å². The Morgan fingerprint density at radius 3 is 2.48 bits per heavy atom. The van der Waals surface area contributed by atoms with E-state index in [2.05, 4.69) is 20.8 Å². The molecule has 1 aromatic rings. The van der Waals surface area contributed by atoms with Crippen molar-refractivity contribution in [3.63, 3.8) is 0 Å². The third kappa shape index (κ3) is 4.61. The Bertz CT molecular complexity index is 829. The molecule has 162 valence electrons. The van der Waals surface area contributed by atoms with Crippen molar-refractivity contribution in [2.75, 3.05) is 26.7 Å². The topological polar surface area (TPSA) is 66.9 Å². The summed E-state index contributed by atoms with van der Waals surface area (Å²) in [6.45, 7) is 7.98. The van der Waals surface area contributed by atoms with Crippen molar-refractivity contribution >= 4 is 15.9 Å². The van der Waals surface area contributed by atoms with Crippen LogP contribution in [-0.2, 0) is 10.0 Å². The van der Waals surface area contributed by atoms with Crippen LogP contribution in [0.25, 0.3) is 0 Å². The lowest BCUT2D eigenvalue weighted by molar-refractivity contribution is 0.0607. The molecule has 1 aromatic carbocycles. The number of benzene rings is 1. The predicted molar refractivity (Wildman–Crippen MR) is 114 cm³/mol. The van der Waals surface area contributed by atoms with Crippen LogP contribution in [-0.4, -0.2) is 56.3 Å². The van der Waals surface area contributed by atoms with Crippen molar-refractivity contribution < 1.29 is 17.9 Å². The van der Waals surface area contributed by atoms with Crippen LogP contribution in [0.15, 0.2) is 23.1 Å². The van der Waals surface area contributed by atoms with E-state index in [0.29, 0.717) is 30.5 Å². The predicted octanol–water partition coefficient (Wildman–Crippen LogP) is 3.77. The molecule has 29 heavy (non-hydrogen) atoms. The Labute approximate surface area is 175 Å². The van der Waals surface area contributed by atoms with Crippen LogP contribution in [0.1, 0.15) is 63.2 Å². The molecule has 3 unspecified atom stereocenters. The molecule has 2 aliphatic heterocycles. The van der Waals surface area contributed by atoms with Gasteiger partial charge in [0.05, 0.1) is 7.11 Å². The number of hydrogen-bond donors (Lipinski definition) is 0. The van der Waals surface area contributed by atoms with Gasteiger partial charge in [-0.2, -0.15) is 4.31 Å². The number of piperidine rings is 2. The lowest BCUT2D eigenvalue weighted by Gasteiger charge is -2.36. The van der Waals surface area contributed by atoms with Gasteiger partial charge in [-0.05, 0) is 62.1 Å². The van der Waals surface area contributed by atoms with Crippen LogP contribution in [0.2, 0.25) is 0 Å². The molecule has 2 fully saturated rings. The number of amides is 1. The van der Waals surface area contributed by atoms with E-state index < -0.39 is 10.0 Å². The van der Waals surface area contributed by atoms with E-state index in [1.807, 2.05) is 4.90 Å². The fraction of sp³-hybridized carbons (Fsp3) is 0.682. The molecular formula is C22H34N2O4S. The van der Waals surface area contributed by atoms with E-state index in [9.17, 15) is 13.2 Å². The molecule has 0 spiro atoms. The minimum absolute atomic E-state index is 0.0870. The highest BCUT2D eigenvalue weighted by molar-refractivity contribution is 7.89. The third-order valence-electron chi connectivity index (χ3n) is 6.22. The molecule has 0 radical (unpaired) electrons. The van der Waals surface area contributed by atoms with Gasteiger partial charge in [0.1, 0.15) is 10.6 Å². The lowest BCUT2D eigenvalue weighted by atomic mass is 9.94. The van der Waals surface area contributed by atoms with Crippen molar-refractivity contribution in [3.8, 4) is 5.75 Å². The van der Waals surface area contributed by atoms with Crippen LogP contribution in [0, 0.1) is 11.8 Å². The molecular weight excluding hydrogens is 388 g/mol. The zero-order valence-corrected chi connectivity index (χ0v) is 18.9. The Balaban J connectivity index is 1.95. The third-order valence-corrected chi connectivity index (χ3v) is 8.08. The van der Waals surface area contributed by atoms with Gasteiger partial charge in [0.25, 0.3) is 5.91 Å². The number of ether oxygens (including phenoxy) is 1. The standard InChI is InChI=1S/C22H34N2O4S/c1-5-19-8-6-7-11-24(19)22(25)18-9-10-20(28-4)21(13-18)29(26,27)23-14-16(2)12-17(3)15-23/h9-10,13,16-17,19H,5-8,11-12,14-15H2,1-4H3. The van der Waals surface area contributed by atoms with Crippen molar-refractivity contribution in [2.45, 2.75) is 63.8 Å². The molecule has 7 heteroatoms. The van der Waals surface area contributed by atoms with Crippen LogP contribution in [0.5, 0.6) is 5.75 Å². The normalized spacial score (nSPS) is 26.3. The first kappa shape index (κ1) is 22.1. The fourth-order valence-corrected chi connectivity index (χ4v) is 6.67. The molecule has 2 aliphatic rings. The van der Waals surface area contributed by atoms with E-state index in [0.717, 1.165) is 38.6 Å². The van der Waals surface area contributed by atoms with Crippen LogP contribution >= 0.6 is 0 Å². The molecule has 2 heterocycles. The van der Waals surface area contributed by atoms with Gasteiger partial charge in [-0.15, -0.1) is 0 Å². The highest BCUT2D eigenvalue weighted by atomic mass is 32.2. The summed E-state index contributed by atoms with van der Waals surface area (Å²) in [4.78, 5) is 15.2. The number of rotatable bonds is 5. The van der Waals surface area contributed by atoms with Gasteiger partial charge in [0.15, 0.2) is 0 Å². The van der Waals surface area contributed by atoms with E-state index in [-0.39, 0.29) is 22.6 Å². The molecule has 6 nitrogen and oxygen atoms in total. The van der Waals surface area contributed by atoms with E-state index >= 15 is 0 Å². The summed E-state index contributed by atoms with van der Waals surface area (Å²) < 4.78 is 33.8. The van der Waals surface area contributed by atoms with Gasteiger partial charge in [-0.25, -0.2) is 8.42 Å². The Kier molecular flexibility index (Phi) is 6.89. The molecule has 0 N–H and O–H groups in total. The maximum absolute atomic E-state index is 13.5. The molecule has 0 aromatic heterocycles. The zero-order chi connectivity index (χ0) is 21.2. The van der Waals surface area contributed by atoms with Crippen molar-refractivity contribution in [3.05, 3.63) is 23.8 Å². The minimum Gasteiger partial charge on any atom is -0.495 e. The first-order valence-electron chi connectivity index (χ1n) is 10.8. The number of carbonyl (C=O) groups is 1. The average molecular weight is 423 g/mol. The second-order valence-electron chi connectivity index (χ2n) is 8.69. The fourth-order valence-electron chi connectivity index (χ4n) is 4.81. The summed E-state index contributed by atoms with van der Waals surface area (Å²) in [5.41, 5.74) is 0.419. The zero-order valence-electron chi connectivity index (χ0n) is 18.1. The second-order valence-corrected chi connectivity index (χ2v) is 10.6. The monoisotopic (exact) mass is 422 g/mol. The van der Waals surface area contributed by atoms with Gasteiger partial charge in [-0.1, -0.05) is 20.8 Å². The van der Waals surface area contributed by atoms with Gasteiger partial charge in [-0.3, -0.25) is 4.79 Å². The smallest absolute Gasteiger partial charge is 0.254 e. The summed E-state index contributed by atoms with van der Waals surface area (Å²) in [6, 6.07) is 5.04. The van der Waals surface area contributed by atoms with Gasteiger partial charge in [0.2, 0.25) is 10.0 Å². The maximum atomic E-state index is 13.5. The quantitative estimate of drug-likeness (QED) is 0.724. The Morgan fingerprint density at radius 1 is 1.17 bits per heavy atom. The summed E-state index contributed by atoms with van der Waals surface area (Å²) in [5, 5.41) is 0. The number of likely N-dealkylation sites (tertiary alicyclic amines) is 1. The van der Waals surface area contributed by atoms with Crippen molar-refractivity contribution in [2.24, 2.45) is 11.8 Å². The Hall–Kier alpha value is -1.60. The Morgan fingerprint density at radius 2 is 1.86 bits per heavy atom. The molecule has 1 amide bonds. The summed E-state index contributed by atoms with van der Waals surface area (Å²) in [6.07, 6.45) is 5.07. The largest absolute Gasteiger partial charge is 0.495 e. The van der Waals surface area contributed by atoms with Gasteiger partial charge >= 0.3 is 0 Å². The van der Waals surface area contributed by atoms with E-state index in [1.165, 1.54) is 13.2 Å². The summed E-state index contributed by atoms with van der Waals surface area (Å²) in [7, 11) is -2.27. The first-order valence-corrected chi connectivity index (χ1v) is 12.2. The molecule has 0 saturated carbocycles. The lowest BCUT2D eigenvalue weighted by Crippen LogP contribution is -2.44. The first-order chi connectivity index (χ1) is 13.8. The van der Waals surface area contributed by atoms with E-state index in [1.54, 1.807) is 16.4 Å². The molecule has 2 saturated heterocycles. The molecule has 3 rings (SSSR count). The number of nitrogens with zero attached hydrogens (tertiary/aromatic N) is 2. The summed E-state index contributed by atoms with van der Waals surface area (Å²) in [5.74, 6) is 0.820. The molecule has 3 atom stereocenters. The summed E-state index contributed by atoms with van der Waals surface area (Å²) >= 11 is 0. The molecule has 0 aliphatic carbocycles. The SMILES string of the molecule is CCC1CCCCN1C(=O)c1ccc(OC)c(S(=O)(=O)N2CC(C)CC(C)C2)c1. The van der Waals surface area contributed by atoms with Crippen LogP contribution in [0.4, 0.5) is 0 Å². The highest BCUT2D eigenvalue weighted by Crippen LogP contribution is 2.33. The molecule has 0 bridgehead atoms. The average Bonchev–Trinajstić information content (AvgIpc) is 2.72. The van der Waals surface area contributed by atoms with Crippen molar-refractivity contribution in [1.29, 1.82) is 0 Å². The van der Waals surface area contributed by atoms with Crippen LogP contribution in [0.3, 0.4) is 0 Å². The number of hydrogen-bond acceptors (Lipinski definition) is 4. The van der Waals surface area contributed by atoms with Crippen LogP contribution < -0.4 is 4.74 Å².